The molecule has 2 amide bonds. The van der Waals surface area contributed by atoms with E-state index >= 15 is 0 Å². The molecule has 0 unspecified atom stereocenters. The lowest BCUT2D eigenvalue weighted by Gasteiger charge is -2.19. The van der Waals surface area contributed by atoms with Gasteiger partial charge in [0.1, 0.15) is 18.5 Å². The number of hydrogen-bond acceptors (Lipinski definition) is 5. The summed E-state index contributed by atoms with van der Waals surface area (Å²) < 4.78 is 15.9. The lowest BCUT2D eigenvalue weighted by atomic mass is 10.0. The fraction of sp³-hybridized carbons (Fsp3) is 0.300. The maximum atomic E-state index is 12.4. The van der Waals surface area contributed by atoms with Gasteiger partial charge in [-0.15, -0.1) is 0 Å². The van der Waals surface area contributed by atoms with Crippen LogP contribution in [0.15, 0.2) is 54.6 Å². The van der Waals surface area contributed by atoms with Crippen LogP contribution in [-0.4, -0.2) is 36.7 Å². The van der Waals surface area contributed by atoms with E-state index in [1.165, 1.54) is 0 Å². The van der Waals surface area contributed by atoms with Crippen LogP contribution in [-0.2, 0) is 20.9 Å². The molecule has 0 radical (unpaired) electrons. The molecule has 136 valence electrons. The van der Waals surface area contributed by atoms with Crippen molar-refractivity contribution in [2.24, 2.45) is 0 Å². The number of methoxy groups -OCH3 is 1. The van der Waals surface area contributed by atoms with Crippen molar-refractivity contribution in [3.8, 4) is 5.75 Å². The molecule has 1 aliphatic heterocycles. The second-order valence-corrected chi connectivity index (χ2v) is 6.06. The summed E-state index contributed by atoms with van der Waals surface area (Å²) in [5.41, 5.74) is 1.78. The Kier molecular flexibility index (Phi) is 5.53. The van der Waals surface area contributed by atoms with Gasteiger partial charge in [-0.05, 0) is 30.2 Å². The van der Waals surface area contributed by atoms with Crippen molar-refractivity contribution in [1.29, 1.82) is 0 Å². The van der Waals surface area contributed by atoms with Crippen LogP contribution in [0.4, 0.5) is 4.79 Å². The zero-order valence-electron chi connectivity index (χ0n) is 14.8. The van der Waals surface area contributed by atoms with E-state index < -0.39 is 18.1 Å². The fourth-order valence-corrected chi connectivity index (χ4v) is 2.93. The highest BCUT2D eigenvalue weighted by Gasteiger charge is 2.43. The normalized spacial score (nSPS) is 19.3. The van der Waals surface area contributed by atoms with Crippen LogP contribution in [0, 0.1) is 0 Å². The summed E-state index contributed by atoms with van der Waals surface area (Å²) in [6.45, 7) is 1.88. The number of carbonyl (C=O) groups excluding carboxylic acids is 2. The number of carbonyl (C=O) groups is 2. The molecule has 0 saturated carbocycles. The Balaban J connectivity index is 1.56. The van der Waals surface area contributed by atoms with Gasteiger partial charge in [0.15, 0.2) is 0 Å². The van der Waals surface area contributed by atoms with Crippen LogP contribution in [0.1, 0.15) is 24.2 Å². The molecule has 2 aromatic rings. The fourth-order valence-electron chi connectivity index (χ4n) is 2.93. The van der Waals surface area contributed by atoms with E-state index in [4.69, 9.17) is 14.2 Å². The monoisotopic (exact) mass is 355 g/mol. The van der Waals surface area contributed by atoms with Gasteiger partial charge in [-0.1, -0.05) is 42.5 Å². The first-order valence-corrected chi connectivity index (χ1v) is 8.38. The molecule has 1 heterocycles. The molecule has 3 rings (SSSR count). The number of rotatable bonds is 6. The van der Waals surface area contributed by atoms with Gasteiger partial charge in [0, 0.05) is 0 Å². The van der Waals surface area contributed by atoms with E-state index in [1.54, 1.807) is 14.0 Å². The maximum absolute atomic E-state index is 12.4. The Bertz CT molecular complexity index is 760. The summed E-state index contributed by atoms with van der Waals surface area (Å²) in [7, 11) is 1.60. The van der Waals surface area contributed by atoms with Crippen molar-refractivity contribution in [3.05, 3.63) is 65.7 Å². The quantitative estimate of drug-likeness (QED) is 0.795. The van der Waals surface area contributed by atoms with Gasteiger partial charge in [0.05, 0.1) is 19.8 Å². The van der Waals surface area contributed by atoms with Crippen LogP contribution in [0.3, 0.4) is 0 Å². The molecule has 26 heavy (non-hydrogen) atoms. The minimum absolute atomic E-state index is 0.188. The molecule has 2 aromatic carbocycles. The maximum Gasteiger partial charge on any atom is 0.417 e. The average molecular weight is 355 g/mol. The highest BCUT2D eigenvalue weighted by Crippen LogP contribution is 2.32. The highest BCUT2D eigenvalue weighted by atomic mass is 16.6. The molecule has 6 nitrogen and oxygen atoms in total. The molecule has 2 atom stereocenters. The molecule has 0 spiro atoms. The number of imide groups is 1. The Morgan fingerprint density at radius 2 is 1.81 bits per heavy atom. The van der Waals surface area contributed by atoms with Crippen LogP contribution in [0.5, 0.6) is 5.75 Å². The first-order chi connectivity index (χ1) is 12.6. The summed E-state index contributed by atoms with van der Waals surface area (Å²) >= 11 is 0. The van der Waals surface area contributed by atoms with Gasteiger partial charge >= 0.3 is 6.09 Å². The summed E-state index contributed by atoms with van der Waals surface area (Å²) in [5, 5.41) is 0. The number of amides is 2. The third-order valence-electron chi connectivity index (χ3n) is 4.32. The third-order valence-corrected chi connectivity index (χ3v) is 4.32. The second-order valence-electron chi connectivity index (χ2n) is 6.06. The summed E-state index contributed by atoms with van der Waals surface area (Å²) in [4.78, 5) is 25.7. The molecule has 0 N–H and O–H groups in total. The van der Waals surface area contributed by atoms with E-state index in [-0.39, 0.29) is 19.3 Å². The van der Waals surface area contributed by atoms with Crippen LogP contribution in [0.2, 0.25) is 0 Å². The van der Waals surface area contributed by atoms with Gasteiger partial charge in [-0.25, -0.2) is 9.69 Å². The van der Waals surface area contributed by atoms with E-state index in [2.05, 4.69) is 0 Å². The first-order valence-electron chi connectivity index (χ1n) is 8.38. The molecule has 1 fully saturated rings. The van der Waals surface area contributed by atoms with E-state index in [9.17, 15) is 9.59 Å². The van der Waals surface area contributed by atoms with Crippen molar-refractivity contribution in [2.75, 3.05) is 13.7 Å². The molecular weight excluding hydrogens is 334 g/mol. The molecule has 0 bridgehead atoms. The molecule has 1 aliphatic rings. The van der Waals surface area contributed by atoms with Crippen molar-refractivity contribution in [1.82, 2.24) is 4.90 Å². The lowest BCUT2D eigenvalue weighted by Crippen LogP contribution is -2.40. The second kappa shape index (κ2) is 8.01. The van der Waals surface area contributed by atoms with Gasteiger partial charge in [-0.2, -0.15) is 0 Å². The molecule has 1 saturated heterocycles. The topological polar surface area (TPSA) is 65.1 Å². The van der Waals surface area contributed by atoms with Crippen LogP contribution < -0.4 is 4.74 Å². The third kappa shape index (κ3) is 3.86. The predicted octanol–water partition coefficient (Wildman–Crippen LogP) is 3.32. The van der Waals surface area contributed by atoms with Crippen LogP contribution >= 0.6 is 0 Å². The van der Waals surface area contributed by atoms with Gasteiger partial charge in [0.2, 0.25) is 0 Å². The number of cyclic esters (lactones) is 1. The summed E-state index contributed by atoms with van der Waals surface area (Å²) in [6.07, 6.45) is -1.10. The zero-order valence-corrected chi connectivity index (χ0v) is 14.8. The Labute approximate surface area is 152 Å². The Morgan fingerprint density at radius 1 is 1.12 bits per heavy atom. The first kappa shape index (κ1) is 17.9. The van der Waals surface area contributed by atoms with Crippen LogP contribution in [0.25, 0.3) is 0 Å². The molecule has 0 aromatic heterocycles. The summed E-state index contributed by atoms with van der Waals surface area (Å²) in [5.74, 6) is 0.347. The van der Waals surface area contributed by atoms with E-state index in [0.717, 1.165) is 21.8 Å². The van der Waals surface area contributed by atoms with Crippen molar-refractivity contribution in [3.63, 3.8) is 0 Å². The SMILES string of the molecule is COc1ccc(COCC(=O)N2C(=O)O[C@H](c3ccccc3)[C@H]2C)cc1. The number of hydrogen-bond donors (Lipinski definition) is 0. The van der Waals surface area contributed by atoms with Gasteiger partial charge in [-0.3, -0.25) is 4.79 Å². The lowest BCUT2D eigenvalue weighted by molar-refractivity contribution is -0.134. The molecule has 6 heteroatoms. The van der Waals surface area contributed by atoms with Crippen molar-refractivity contribution < 1.29 is 23.8 Å². The zero-order chi connectivity index (χ0) is 18.5. The smallest absolute Gasteiger partial charge is 0.417 e. The molecular formula is C20H21NO5. The van der Waals surface area contributed by atoms with Crippen molar-refractivity contribution >= 4 is 12.0 Å². The summed E-state index contributed by atoms with van der Waals surface area (Å²) in [6, 6.07) is 16.4. The van der Waals surface area contributed by atoms with Crippen molar-refractivity contribution in [2.45, 2.75) is 25.7 Å². The van der Waals surface area contributed by atoms with Gasteiger partial charge in [0.25, 0.3) is 5.91 Å². The van der Waals surface area contributed by atoms with E-state index in [0.29, 0.717) is 0 Å². The van der Waals surface area contributed by atoms with Gasteiger partial charge < -0.3 is 14.2 Å². The number of ether oxygens (including phenoxy) is 3. The largest absolute Gasteiger partial charge is 0.497 e. The number of nitrogens with zero attached hydrogens (tertiary/aromatic N) is 1. The minimum atomic E-state index is -0.635. The standard InChI is InChI=1S/C20H21NO5/c1-14-19(16-6-4-3-5-7-16)26-20(23)21(14)18(22)13-25-12-15-8-10-17(24-2)11-9-15/h3-11,14,19H,12-13H2,1-2H3/t14-,19+/m1/s1. The van der Waals surface area contributed by atoms with E-state index in [1.807, 2.05) is 54.6 Å². The number of benzene rings is 2. The minimum Gasteiger partial charge on any atom is -0.497 e. The highest BCUT2D eigenvalue weighted by molar-refractivity contribution is 5.94. The predicted molar refractivity (Wildman–Crippen MR) is 94.6 cm³/mol. The average Bonchev–Trinajstić information content (AvgIpc) is 2.97. The Morgan fingerprint density at radius 3 is 2.46 bits per heavy atom. The Hall–Kier alpha value is -2.86. The molecule has 0 aliphatic carbocycles.